The van der Waals surface area contributed by atoms with Crippen LogP contribution in [0.5, 0.6) is 23.0 Å². The fourth-order valence-corrected chi connectivity index (χ4v) is 11.7. The Hall–Kier alpha value is -2.83. The van der Waals surface area contributed by atoms with Crippen molar-refractivity contribution >= 4 is 31.2 Å². The third-order valence-corrected chi connectivity index (χ3v) is 13.0. The Balaban J connectivity index is 1.78. The normalized spacial score (nSPS) is 17.2. The first-order chi connectivity index (χ1) is 19.8. The van der Waals surface area contributed by atoms with Crippen molar-refractivity contribution < 1.29 is 18.1 Å². The molecule has 0 bridgehead atoms. The molecule has 5 nitrogen and oxygen atoms in total. The number of hydrogen-bond donors (Lipinski definition) is 0. The zero-order valence-electron chi connectivity index (χ0n) is 26.0. The number of benzene rings is 4. The molecule has 1 spiro atoms. The van der Waals surface area contributed by atoms with Gasteiger partial charge in [0, 0.05) is 0 Å². The second-order valence-electron chi connectivity index (χ2n) is 11.8. The van der Waals surface area contributed by atoms with E-state index in [4.69, 9.17) is 18.1 Å². The van der Waals surface area contributed by atoms with Gasteiger partial charge >= 0.3 is 259 Å². The van der Waals surface area contributed by atoms with Crippen LogP contribution in [0, 0.1) is 55.4 Å². The molecule has 0 aromatic heterocycles. The first-order valence-corrected chi connectivity index (χ1v) is 17.6. The topological polar surface area (TPSA) is 40.2 Å². The molecule has 6 rings (SSSR count). The summed E-state index contributed by atoms with van der Waals surface area (Å²) in [6, 6.07) is 17.2. The fourth-order valence-electron chi connectivity index (χ4n) is 5.72. The van der Waals surface area contributed by atoms with E-state index in [1.54, 1.807) is 23.5 Å². The van der Waals surface area contributed by atoms with Gasteiger partial charge in [0.15, 0.2) is 0 Å². The number of fused-ring (bicyclic) bond motifs is 4. The van der Waals surface area contributed by atoms with Crippen LogP contribution in [0.1, 0.15) is 44.5 Å². The molecule has 2 aliphatic rings. The van der Waals surface area contributed by atoms with Crippen LogP contribution in [0.4, 0.5) is 0 Å². The molecule has 8 heteroatoms. The summed E-state index contributed by atoms with van der Waals surface area (Å²) in [5, 5.41) is 0. The van der Waals surface area contributed by atoms with Gasteiger partial charge in [0.2, 0.25) is 0 Å². The molecular formula is C34H38NO4PS2. The molecule has 0 saturated carbocycles. The van der Waals surface area contributed by atoms with E-state index >= 15 is 0 Å². The van der Waals surface area contributed by atoms with E-state index in [9.17, 15) is 0 Å². The third-order valence-electron chi connectivity index (χ3n) is 7.61. The minimum atomic E-state index is -4.79. The fraction of sp³-hybridized carbons (Fsp3) is 0.294. The van der Waals surface area contributed by atoms with Crippen LogP contribution in [0.2, 0.25) is 0 Å². The van der Waals surface area contributed by atoms with Crippen LogP contribution in [0.25, 0.3) is 0 Å². The van der Waals surface area contributed by atoms with Gasteiger partial charge in [-0.15, -0.1) is 0 Å². The Morgan fingerprint density at radius 1 is 0.429 bits per heavy atom. The summed E-state index contributed by atoms with van der Waals surface area (Å²) in [6.07, 6.45) is 0. The zero-order valence-corrected chi connectivity index (χ0v) is 28.5. The van der Waals surface area contributed by atoms with E-state index in [1.807, 2.05) is 18.8 Å². The van der Waals surface area contributed by atoms with E-state index < -0.39 is 7.66 Å². The van der Waals surface area contributed by atoms with E-state index in [0.717, 1.165) is 64.1 Å². The Bertz CT molecular complexity index is 1530. The van der Waals surface area contributed by atoms with Gasteiger partial charge in [-0.3, -0.25) is 0 Å². The van der Waals surface area contributed by atoms with E-state index in [-0.39, 0.29) is 0 Å². The molecule has 0 N–H and O–H groups in total. The van der Waals surface area contributed by atoms with Crippen molar-refractivity contribution in [3.05, 3.63) is 93.0 Å². The van der Waals surface area contributed by atoms with Gasteiger partial charge in [-0.2, -0.15) is 0 Å². The molecule has 0 atom stereocenters. The maximum atomic E-state index is 7.32. The molecule has 0 amide bonds. The van der Waals surface area contributed by atoms with Crippen molar-refractivity contribution in [2.75, 3.05) is 14.1 Å². The van der Waals surface area contributed by atoms with Crippen LogP contribution in [-0.4, -0.2) is 18.8 Å². The average molecular weight is 620 g/mol. The van der Waals surface area contributed by atoms with E-state index in [1.165, 1.54) is 0 Å². The van der Waals surface area contributed by atoms with E-state index in [0.29, 0.717) is 23.0 Å². The monoisotopic (exact) mass is 619 g/mol. The van der Waals surface area contributed by atoms with Gasteiger partial charge in [0.25, 0.3) is 0 Å². The summed E-state index contributed by atoms with van der Waals surface area (Å²) in [5.74, 6) is 2.81. The Morgan fingerprint density at radius 3 is 0.881 bits per heavy atom. The molecule has 0 radical (unpaired) electrons. The van der Waals surface area contributed by atoms with Crippen LogP contribution in [0.3, 0.4) is 0 Å². The summed E-state index contributed by atoms with van der Waals surface area (Å²) in [5.41, 5.74) is 8.60. The average Bonchev–Trinajstić information content (AvgIpc) is 2.86. The van der Waals surface area contributed by atoms with Crippen LogP contribution < -0.4 is 18.1 Å². The molecule has 2 heterocycles. The van der Waals surface area contributed by atoms with Crippen LogP contribution in [-0.2, 0) is 0 Å². The van der Waals surface area contributed by atoms with Crippen molar-refractivity contribution in [2.45, 2.75) is 75.0 Å². The standard InChI is InChI=1S/C34H38NO4PS2/c1-19-11-23(5)31-27(15-19)41-28-16-20(2)12-24(6)32(28)37-40(36-31,35(9)10)38-33-25(7)13-21(3)17-29(33)42-30-18-22(4)14-26(8)34(30)39-40/h11-18H,1-10H3. The van der Waals surface area contributed by atoms with Crippen molar-refractivity contribution in [3.63, 3.8) is 0 Å². The quantitative estimate of drug-likeness (QED) is 0.196. The molecule has 0 unspecified atom stereocenters. The van der Waals surface area contributed by atoms with Crippen molar-refractivity contribution in [3.8, 4) is 23.0 Å². The van der Waals surface area contributed by atoms with Gasteiger partial charge in [0.1, 0.15) is 0 Å². The molecule has 0 saturated heterocycles. The summed E-state index contributed by atoms with van der Waals surface area (Å²) in [4.78, 5) is 3.99. The summed E-state index contributed by atoms with van der Waals surface area (Å²) in [6.45, 7) is 16.8. The van der Waals surface area contributed by atoms with Gasteiger partial charge in [-0.1, -0.05) is 0 Å². The number of nitrogens with zero attached hydrogens (tertiary/aromatic N) is 1. The van der Waals surface area contributed by atoms with Gasteiger partial charge in [-0.25, -0.2) is 0 Å². The molecule has 42 heavy (non-hydrogen) atoms. The molecule has 220 valence electrons. The molecule has 4 aromatic rings. The second kappa shape index (κ2) is 10.1. The second-order valence-corrected chi connectivity index (χ2v) is 17.1. The van der Waals surface area contributed by atoms with Gasteiger partial charge in [-0.05, 0) is 0 Å². The van der Waals surface area contributed by atoms with Gasteiger partial charge in [0.05, 0.1) is 0 Å². The predicted octanol–water partition coefficient (Wildman–Crippen LogP) is 10.4. The number of hydrogen-bond acceptors (Lipinski definition) is 7. The Morgan fingerprint density at radius 2 is 0.667 bits per heavy atom. The Labute approximate surface area is 258 Å². The van der Waals surface area contributed by atoms with Gasteiger partial charge < -0.3 is 0 Å². The van der Waals surface area contributed by atoms with Crippen LogP contribution in [0.15, 0.2) is 68.1 Å². The molecule has 4 aromatic carbocycles. The molecule has 0 aliphatic carbocycles. The van der Waals surface area contributed by atoms with E-state index in [2.05, 4.69) is 104 Å². The Kier molecular flexibility index (Phi) is 7.05. The summed E-state index contributed by atoms with van der Waals surface area (Å²) in [7, 11) is -0.925. The SMILES string of the molecule is Cc1cc(C)c2c(c1)Sc1cc(C)cc(C)c1OP1(N(C)C)(O2)Oc2c(C)cc(C)cc2Sc2cc(C)cc(C)c2O1. The first-order valence-electron chi connectivity index (χ1n) is 14.1. The van der Waals surface area contributed by atoms with Crippen molar-refractivity contribution in [1.29, 1.82) is 0 Å². The number of aryl methyl sites for hydroxylation is 8. The van der Waals surface area contributed by atoms with Crippen LogP contribution >= 0.6 is 31.2 Å². The maximum absolute atomic E-state index is 7.32. The minimum absolute atomic E-state index is 0.702. The first kappa shape index (κ1) is 29.3. The molecule has 2 aliphatic heterocycles. The van der Waals surface area contributed by atoms with Crippen molar-refractivity contribution in [2.24, 2.45) is 0 Å². The summed E-state index contributed by atoms with van der Waals surface area (Å²) < 4.78 is 31.2. The molecular weight excluding hydrogens is 581 g/mol. The predicted molar refractivity (Wildman–Crippen MR) is 175 cm³/mol. The third kappa shape index (κ3) is 4.75. The number of rotatable bonds is 1. The summed E-state index contributed by atoms with van der Waals surface area (Å²) >= 11 is 3.32. The van der Waals surface area contributed by atoms with Crippen molar-refractivity contribution in [1.82, 2.24) is 4.67 Å². The molecule has 0 fully saturated rings. The zero-order chi connectivity index (χ0) is 30.2.